The minimum absolute atomic E-state index is 0.000404. The molecule has 4 aliphatic carbocycles. The number of benzene rings is 1. The highest BCUT2D eigenvalue weighted by molar-refractivity contribution is 8.26. The Balaban J connectivity index is 1.31. The molecule has 2 amide bonds. The molecule has 0 aromatic heterocycles. The highest BCUT2D eigenvalue weighted by atomic mass is 32.2. The van der Waals surface area contributed by atoms with Crippen LogP contribution in [0.3, 0.4) is 0 Å². The molecule has 1 aromatic carbocycles. The van der Waals surface area contributed by atoms with Gasteiger partial charge in [-0.2, -0.15) is 5.01 Å². The first-order chi connectivity index (χ1) is 14.3. The summed E-state index contributed by atoms with van der Waals surface area (Å²) in [4.78, 5) is 26.9. The zero-order valence-electron chi connectivity index (χ0n) is 17.5. The number of thioether (sulfide) groups is 1. The van der Waals surface area contributed by atoms with Crippen LogP contribution in [0.4, 0.5) is 0 Å². The number of carbonyl (C=O) groups is 2. The van der Waals surface area contributed by atoms with Gasteiger partial charge < -0.3 is 0 Å². The SMILES string of the molecule is CC(C)c1ccc(/C=C2/SC(=S)N(NC(=O)C34CC5CC(CC(C5)C3)C4)C2=O)cc1. The lowest BCUT2D eigenvalue weighted by Crippen LogP contribution is -2.57. The molecular formula is C24H28N2O2S2. The number of nitrogens with zero attached hydrogens (tertiary/aromatic N) is 1. The van der Waals surface area contributed by atoms with E-state index in [2.05, 4.69) is 31.4 Å². The number of carbonyl (C=O) groups excluding carboxylic acids is 2. The highest BCUT2D eigenvalue weighted by Crippen LogP contribution is 2.60. The molecule has 1 saturated heterocycles. The van der Waals surface area contributed by atoms with Crippen LogP contribution in [-0.4, -0.2) is 21.1 Å². The van der Waals surface area contributed by atoms with Crippen LogP contribution in [0, 0.1) is 23.2 Å². The van der Waals surface area contributed by atoms with Gasteiger partial charge in [0.05, 0.1) is 10.3 Å². The van der Waals surface area contributed by atoms with Gasteiger partial charge in [-0.25, -0.2) is 0 Å². The van der Waals surface area contributed by atoms with Crippen LogP contribution in [-0.2, 0) is 9.59 Å². The van der Waals surface area contributed by atoms with E-state index in [-0.39, 0.29) is 17.2 Å². The molecule has 4 bridgehead atoms. The smallest absolute Gasteiger partial charge is 0.273 e. The molecule has 4 nitrogen and oxygen atoms in total. The number of thiocarbonyl (C=S) groups is 1. The standard InChI is InChI=1S/C24H28N2O2S2/c1-14(2)19-5-3-15(4-6-19)10-20-21(27)26(23(29)30-20)25-22(28)24-11-16-7-17(12-24)9-18(8-16)13-24/h3-6,10,14,16-18H,7-9,11-13H2,1-2H3,(H,25,28)/b20-10+. The molecule has 0 atom stereocenters. The monoisotopic (exact) mass is 440 g/mol. The van der Waals surface area contributed by atoms with Crippen molar-refractivity contribution in [1.82, 2.24) is 10.4 Å². The van der Waals surface area contributed by atoms with Gasteiger partial charge in [-0.1, -0.05) is 49.9 Å². The second kappa shape index (κ2) is 7.49. The summed E-state index contributed by atoms with van der Waals surface area (Å²) in [5, 5.41) is 1.30. The topological polar surface area (TPSA) is 49.4 Å². The second-order valence-electron chi connectivity index (χ2n) is 9.98. The van der Waals surface area contributed by atoms with E-state index >= 15 is 0 Å². The fourth-order valence-corrected chi connectivity index (χ4v) is 7.48. The molecule has 1 aromatic rings. The molecule has 0 radical (unpaired) electrons. The van der Waals surface area contributed by atoms with Crippen molar-refractivity contribution in [3.63, 3.8) is 0 Å². The molecule has 1 aliphatic heterocycles. The Hall–Kier alpha value is -1.66. The Bertz CT molecular complexity index is 900. The zero-order valence-corrected chi connectivity index (χ0v) is 19.2. The molecular weight excluding hydrogens is 412 g/mol. The van der Waals surface area contributed by atoms with Crippen molar-refractivity contribution in [3.8, 4) is 0 Å². The molecule has 6 heteroatoms. The van der Waals surface area contributed by atoms with Crippen LogP contribution in [0.5, 0.6) is 0 Å². The summed E-state index contributed by atoms with van der Waals surface area (Å²) < 4.78 is 0.406. The van der Waals surface area contributed by atoms with Gasteiger partial charge in [0.2, 0.25) is 5.91 Å². The lowest BCUT2D eigenvalue weighted by Gasteiger charge is -2.55. The number of hydrogen-bond acceptors (Lipinski definition) is 4. The first kappa shape index (κ1) is 20.3. The van der Waals surface area contributed by atoms with Gasteiger partial charge in [-0.15, -0.1) is 0 Å². The number of hydrazine groups is 1. The molecule has 0 spiro atoms. The Morgan fingerprint density at radius 3 is 2.23 bits per heavy atom. The van der Waals surface area contributed by atoms with E-state index in [4.69, 9.17) is 12.2 Å². The maximum absolute atomic E-state index is 13.3. The molecule has 1 N–H and O–H groups in total. The fourth-order valence-electron chi connectivity index (χ4n) is 6.30. The fraction of sp³-hybridized carbons (Fsp3) is 0.542. The van der Waals surface area contributed by atoms with Crippen LogP contribution < -0.4 is 5.43 Å². The summed E-state index contributed by atoms with van der Waals surface area (Å²) in [7, 11) is 0. The minimum Gasteiger partial charge on any atom is -0.273 e. The van der Waals surface area contributed by atoms with Gasteiger partial charge in [-0.05, 0) is 91.6 Å². The van der Waals surface area contributed by atoms with Crippen molar-refractivity contribution in [2.24, 2.45) is 23.2 Å². The predicted octanol–water partition coefficient (Wildman–Crippen LogP) is 5.26. The number of rotatable bonds is 4. The Kier molecular flexibility index (Phi) is 5.05. The molecule has 4 saturated carbocycles. The van der Waals surface area contributed by atoms with E-state index in [1.165, 1.54) is 41.6 Å². The van der Waals surface area contributed by atoms with Crippen LogP contribution in [0.25, 0.3) is 6.08 Å². The first-order valence-corrected chi connectivity index (χ1v) is 12.2. The van der Waals surface area contributed by atoms with Gasteiger partial charge in [0, 0.05) is 0 Å². The third-order valence-electron chi connectivity index (χ3n) is 7.43. The van der Waals surface area contributed by atoms with Gasteiger partial charge in [0.25, 0.3) is 5.91 Å². The normalized spacial score (nSPS) is 33.8. The van der Waals surface area contributed by atoms with E-state index < -0.39 is 0 Å². The van der Waals surface area contributed by atoms with Gasteiger partial charge in [-0.3, -0.25) is 15.0 Å². The summed E-state index contributed by atoms with van der Waals surface area (Å²) in [6, 6.07) is 8.23. The first-order valence-electron chi connectivity index (χ1n) is 11.0. The molecule has 6 rings (SSSR count). The average Bonchev–Trinajstić information content (AvgIpc) is 2.94. The third-order valence-corrected chi connectivity index (χ3v) is 8.73. The van der Waals surface area contributed by atoms with E-state index in [0.717, 1.165) is 24.8 Å². The van der Waals surface area contributed by atoms with Crippen LogP contribution in [0.1, 0.15) is 69.4 Å². The predicted molar refractivity (Wildman–Crippen MR) is 124 cm³/mol. The summed E-state index contributed by atoms with van der Waals surface area (Å²) >= 11 is 6.70. The van der Waals surface area contributed by atoms with Crippen LogP contribution in [0.15, 0.2) is 29.2 Å². The summed E-state index contributed by atoms with van der Waals surface area (Å²) in [6.45, 7) is 4.32. The highest BCUT2D eigenvalue weighted by Gasteiger charge is 2.55. The van der Waals surface area contributed by atoms with E-state index in [0.29, 0.717) is 32.9 Å². The van der Waals surface area contributed by atoms with Crippen LogP contribution >= 0.6 is 24.0 Å². The van der Waals surface area contributed by atoms with Crippen molar-refractivity contribution < 1.29 is 9.59 Å². The molecule has 5 aliphatic rings. The molecule has 5 fully saturated rings. The maximum atomic E-state index is 13.3. The molecule has 158 valence electrons. The Morgan fingerprint density at radius 1 is 1.13 bits per heavy atom. The molecule has 0 unspecified atom stereocenters. The number of nitrogens with one attached hydrogen (secondary N) is 1. The van der Waals surface area contributed by atoms with E-state index in [1.807, 2.05) is 18.2 Å². The maximum Gasteiger partial charge on any atom is 0.285 e. The van der Waals surface area contributed by atoms with Gasteiger partial charge in [0.1, 0.15) is 0 Å². The largest absolute Gasteiger partial charge is 0.285 e. The molecule has 1 heterocycles. The van der Waals surface area contributed by atoms with Crippen molar-refractivity contribution in [2.75, 3.05) is 0 Å². The van der Waals surface area contributed by atoms with Crippen molar-refractivity contribution in [3.05, 3.63) is 40.3 Å². The van der Waals surface area contributed by atoms with Crippen molar-refractivity contribution in [2.45, 2.75) is 58.3 Å². The number of amides is 2. The lowest BCUT2D eigenvalue weighted by atomic mass is 9.49. The minimum atomic E-state index is -0.297. The van der Waals surface area contributed by atoms with Gasteiger partial charge >= 0.3 is 0 Å². The zero-order chi connectivity index (χ0) is 21.0. The van der Waals surface area contributed by atoms with Crippen molar-refractivity contribution >= 4 is 46.2 Å². The molecule has 30 heavy (non-hydrogen) atoms. The van der Waals surface area contributed by atoms with Crippen LogP contribution in [0.2, 0.25) is 0 Å². The van der Waals surface area contributed by atoms with Gasteiger partial charge in [0.15, 0.2) is 4.32 Å². The Morgan fingerprint density at radius 2 is 1.70 bits per heavy atom. The van der Waals surface area contributed by atoms with E-state index in [9.17, 15) is 9.59 Å². The Labute approximate surface area is 187 Å². The summed E-state index contributed by atoms with van der Waals surface area (Å²) in [5.41, 5.74) is 4.85. The summed E-state index contributed by atoms with van der Waals surface area (Å²) in [5.74, 6) is 2.29. The van der Waals surface area contributed by atoms with E-state index in [1.54, 1.807) is 0 Å². The average molecular weight is 441 g/mol. The summed E-state index contributed by atoms with van der Waals surface area (Å²) in [6.07, 6.45) is 8.62. The number of hydrogen-bond donors (Lipinski definition) is 1. The quantitative estimate of drug-likeness (QED) is 0.513. The van der Waals surface area contributed by atoms with Crippen molar-refractivity contribution in [1.29, 1.82) is 0 Å². The third kappa shape index (κ3) is 3.52. The lowest BCUT2D eigenvalue weighted by molar-refractivity contribution is -0.152. The second-order valence-corrected chi connectivity index (χ2v) is 11.7.